The van der Waals surface area contributed by atoms with Crippen molar-refractivity contribution in [1.82, 2.24) is 19.4 Å². The van der Waals surface area contributed by atoms with Crippen molar-refractivity contribution in [2.75, 3.05) is 6.61 Å². The quantitative estimate of drug-likeness (QED) is 0.385. The maximum atomic E-state index is 11.6. The molecule has 2 fully saturated rings. The SMILES string of the molecule is O=P1(O)OC[C@H]2O[C@@H]([n+]3c[nH]c4c5nccn5cnc43)[C@H](O)[C@@H]2O1. The first-order valence-electron chi connectivity index (χ1n) is 7.23. The van der Waals surface area contributed by atoms with Gasteiger partial charge in [-0.15, -0.1) is 0 Å². The molecule has 3 N–H and O–H groups in total. The van der Waals surface area contributed by atoms with Crippen LogP contribution in [0.1, 0.15) is 6.23 Å². The van der Waals surface area contributed by atoms with Crippen LogP contribution in [0.25, 0.3) is 16.8 Å². The lowest BCUT2D eigenvalue weighted by atomic mass is 10.1. The summed E-state index contributed by atoms with van der Waals surface area (Å²) in [4.78, 5) is 21.1. The number of nitrogens with zero attached hydrogens (tertiary/aromatic N) is 4. The monoisotopic (exact) mass is 354 g/mol. The number of aliphatic hydroxyl groups is 1. The van der Waals surface area contributed by atoms with E-state index in [1.54, 1.807) is 34.0 Å². The summed E-state index contributed by atoms with van der Waals surface area (Å²) in [6.45, 7) is -0.132. The smallest absolute Gasteiger partial charge is 0.384 e. The summed E-state index contributed by atoms with van der Waals surface area (Å²) in [6.07, 6.45) is 3.05. The number of aliphatic hydroxyl groups excluding tert-OH is 1. The molecule has 2 aliphatic rings. The van der Waals surface area contributed by atoms with E-state index in [9.17, 15) is 14.6 Å². The van der Waals surface area contributed by atoms with E-state index in [0.29, 0.717) is 16.8 Å². The molecule has 3 aromatic rings. The Morgan fingerprint density at radius 2 is 2.33 bits per heavy atom. The fourth-order valence-corrected chi connectivity index (χ4v) is 4.13. The van der Waals surface area contributed by atoms with Gasteiger partial charge in [-0.1, -0.05) is 4.98 Å². The molecular formula is C12H13N5O6P+. The van der Waals surface area contributed by atoms with E-state index in [1.165, 1.54) is 0 Å². The first-order valence-corrected chi connectivity index (χ1v) is 8.72. The largest absolute Gasteiger partial charge is 0.472 e. The molecule has 126 valence electrons. The average molecular weight is 354 g/mol. The first-order chi connectivity index (χ1) is 11.5. The normalized spacial score (nSPS) is 36.4. The highest BCUT2D eigenvalue weighted by Crippen LogP contribution is 2.51. The summed E-state index contributed by atoms with van der Waals surface area (Å²) in [5.41, 5.74) is 1.89. The van der Waals surface area contributed by atoms with Gasteiger partial charge in [-0.3, -0.25) is 18.4 Å². The third kappa shape index (κ3) is 1.97. The van der Waals surface area contributed by atoms with Gasteiger partial charge in [0.2, 0.25) is 11.7 Å². The fourth-order valence-electron chi connectivity index (χ4n) is 3.16. The highest BCUT2D eigenvalue weighted by atomic mass is 31.2. The third-order valence-electron chi connectivity index (χ3n) is 4.25. The number of nitrogens with one attached hydrogen (secondary N) is 1. The lowest BCUT2D eigenvalue weighted by Crippen LogP contribution is -2.46. The molecule has 0 saturated carbocycles. The Hall–Kier alpha value is -1.88. The Labute approximate surface area is 134 Å². The number of phosphoric ester groups is 1. The lowest BCUT2D eigenvalue weighted by Gasteiger charge is -2.27. The zero-order valence-corrected chi connectivity index (χ0v) is 13.0. The predicted octanol–water partition coefficient (Wildman–Crippen LogP) is -0.728. The zero-order valence-electron chi connectivity index (χ0n) is 12.1. The first kappa shape index (κ1) is 14.5. The van der Waals surface area contributed by atoms with Gasteiger partial charge >= 0.3 is 13.5 Å². The number of aromatic nitrogens is 5. The van der Waals surface area contributed by atoms with Crippen molar-refractivity contribution in [3.05, 3.63) is 25.0 Å². The molecule has 1 unspecified atom stereocenters. The molecule has 0 aromatic carbocycles. The Kier molecular flexibility index (Phi) is 2.90. The molecule has 5 atom stereocenters. The van der Waals surface area contributed by atoms with E-state index >= 15 is 0 Å². The third-order valence-corrected chi connectivity index (χ3v) is 5.24. The fraction of sp³-hybridized carbons (Fsp3) is 0.417. The number of phosphoric acid groups is 1. The summed E-state index contributed by atoms with van der Waals surface area (Å²) in [5, 5.41) is 10.5. The van der Waals surface area contributed by atoms with E-state index in [2.05, 4.69) is 15.0 Å². The topological polar surface area (TPSA) is 135 Å². The van der Waals surface area contributed by atoms with E-state index in [4.69, 9.17) is 13.8 Å². The highest BCUT2D eigenvalue weighted by Gasteiger charge is 2.54. The van der Waals surface area contributed by atoms with Gasteiger partial charge in [0.05, 0.1) is 6.61 Å². The Bertz CT molecular complexity index is 987. The number of hydrogen-bond donors (Lipinski definition) is 3. The van der Waals surface area contributed by atoms with Crippen LogP contribution in [0.2, 0.25) is 0 Å². The van der Waals surface area contributed by atoms with Crippen molar-refractivity contribution < 1.29 is 32.9 Å². The summed E-state index contributed by atoms with van der Waals surface area (Å²) in [7, 11) is -4.16. The summed E-state index contributed by atoms with van der Waals surface area (Å²) < 4.78 is 30.4. The number of rotatable bonds is 1. The van der Waals surface area contributed by atoms with Crippen molar-refractivity contribution in [2.24, 2.45) is 0 Å². The predicted molar refractivity (Wildman–Crippen MR) is 75.6 cm³/mol. The van der Waals surface area contributed by atoms with Crippen LogP contribution >= 0.6 is 7.82 Å². The van der Waals surface area contributed by atoms with Gasteiger partial charge in [-0.2, -0.15) is 0 Å². The second-order valence-electron chi connectivity index (χ2n) is 5.67. The Morgan fingerprint density at radius 1 is 1.46 bits per heavy atom. The number of hydrogen-bond acceptors (Lipinski definition) is 7. The number of ether oxygens (including phenoxy) is 1. The molecular weight excluding hydrogens is 341 g/mol. The molecule has 2 saturated heterocycles. The van der Waals surface area contributed by atoms with Crippen LogP contribution in [0.3, 0.4) is 0 Å². The molecule has 5 rings (SSSR count). The molecule has 0 amide bonds. The lowest BCUT2D eigenvalue weighted by molar-refractivity contribution is -0.745. The molecule has 24 heavy (non-hydrogen) atoms. The van der Waals surface area contributed by atoms with Crippen molar-refractivity contribution in [2.45, 2.75) is 24.5 Å². The van der Waals surface area contributed by atoms with Crippen molar-refractivity contribution in [3.63, 3.8) is 0 Å². The van der Waals surface area contributed by atoms with E-state index in [1.807, 2.05) is 0 Å². The molecule has 0 aliphatic carbocycles. The van der Waals surface area contributed by atoms with Crippen LogP contribution in [-0.2, 0) is 18.3 Å². The van der Waals surface area contributed by atoms with Gasteiger partial charge in [0.25, 0.3) is 0 Å². The number of H-pyrrole nitrogens is 1. The maximum absolute atomic E-state index is 11.6. The van der Waals surface area contributed by atoms with Crippen LogP contribution in [-0.4, -0.2) is 54.3 Å². The van der Waals surface area contributed by atoms with Gasteiger partial charge in [0.1, 0.15) is 18.3 Å². The zero-order chi connectivity index (χ0) is 16.5. The van der Waals surface area contributed by atoms with Crippen LogP contribution in [0.5, 0.6) is 0 Å². The van der Waals surface area contributed by atoms with Gasteiger partial charge in [0.15, 0.2) is 18.3 Å². The molecule has 5 heterocycles. The van der Waals surface area contributed by atoms with Gasteiger partial charge in [0, 0.05) is 12.4 Å². The molecule has 2 aliphatic heterocycles. The van der Waals surface area contributed by atoms with Crippen molar-refractivity contribution >= 4 is 24.6 Å². The minimum absolute atomic E-state index is 0.132. The minimum Gasteiger partial charge on any atom is -0.384 e. The van der Waals surface area contributed by atoms with Crippen molar-refractivity contribution in [1.29, 1.82) is 0 Å². The number of fused-ring (bicyclic) bond motifs is 4. The van der Waals surface area contributed by atoms with Gasteiger partial charge in [-0.25, -0.2) is 14.1 Å². The molecule has 3 aromatic heterocycles. The summed E-state index contributed by atoms with van der Waals surface area (Å²) in [6, 6.07) is 0. The van der Waals surface area contributed by atoms with E-state index < -0.39 is 32.4 Å². The van der Waals surface area contributed by atoms with Crippen LogP contribution in [0.15, 0.2) is 25.0 Å². The highest BCUT2D eigenvalue weighted by molar-refractivity contribution is 7.47. The second-order valence-corrected chi connectivity index (χ2v) is 7.08. The molecule has 0 spiro atoms. The van der Waals surface area contributed by atoms with E-state index in [0.717, 1.165) is 0 Å². The average Bonchev–Trinajstić information content (AvgIpc) is 3.23. The number of aromatic amines is 1. The summed E-state index contributed by atoms with van der Waals surface area (Å²) in [5.74, 6) is 0. The van der Waals surface area contributed by atoms with Crippen LogP contribution < -0.4 is 4.57 Å². The summed E-state index contributed by atoms with van der Waals surface area (Å²) >= 11 is 0. The van der Waals surface area contributed by atoms with Crippen molar-refractivity contribution in [3.8, 4) is 0 Å². The molecule has 12 heteroatoms. The maximum Gasteiger partial charge on any atom is 0.472 e. The molecule has 11 nitrogen and oxygen atoms in total. The minimum atomic E-state index is -4.16. The molecule has 0 radical (unpaired) electrons. The Morgan fingerprint density at radius 3 is 3.21 bits per heavy atom. The number of imidazole rings is 2. The molecule has 0 bridgehead atoms. The second kappa shape index (κ2) is 4.82. The Balaban J connectivity index is 1.57. The van der Waals surface area contributed by atoms with Gasteiger partial charge in [-0.05, 0) is 0 Å². The standard InChI is InChI=1S/C12H12N5O6P/c18-8-9-6(3-21-24(19,20)23-9)22-12(8)17-5-14-7-10-13-1-2-16(10)4-15-11(7)17/h1-2,4-6,8-9,12,18H,3H2,(H,19,20)/p+1/t6-,8-,9-,12-/m1/s1. The van der Waals surface area contributed by atoms with Crippen LogP contribution in [0, 0.1) is 0 Å². The van der Waals surface area contributed by atoms with Gasteiger partial charge < -0.3 is 14.7 Å². The van der Waals surface area contributed by atoms with E-state index in [-0.39, 0.29) is 6.61 Å². The van der Waals surface area contributed by atoms with Crippen LogP contribution in [0.4, 0.5) is 0 Å².